The van der Waals surface area contributed by atoms with Crippen molar-refractivity contribution in [2.45, 2.75) is 64.8 Å². The molecule has 0 spiro atoms. The fourth-order valence-electron chi connectivity index (χ4n) is 2.52. The molecule has 2 fully saturated rings. The molecule has 2 aliphatic rings. The minimum absolute atomic E-state index is 0.0567. The lowest BCUT2D eigenvalue weighted by Crippen LogP contribution is -2.29. The Morgan fingerprint density at radius 1 is 1.29 bits per heavy atom. The average Bonchev–Trinajstić information content (AvgIpc) is 2.52. The normalized spacial score (nSPS) is 33.5. The van der Waals surface area contributed by atoms with Crippen LogP contribution >= 0.6 is 0 Å². The lowest BCUT2D eigenvalue weighted by Gasteiger charge is -2.26. The van der Waals surface area contributed by atoms with Crippen LogP contribution < -0.4 is 0 Å². The van der Waals surface area contributed by atoms with E-state index >= 15 is 0 Å². The first-order valence-electron chi connectivity index (χ1n) is 6.55. The molecule has 0 aromatic carbocycles. The minimum atomic E-state index is 0.0567. The molecule has 0 bridgehead atoms. The van der Waals surface area contributed by atoms with Crippen molar-refractivity contribution in [3.05, 3.63) is 24.5 Å². The van der Waals surface area contributed by atoms with Crippen molar-refractivity contribution in [1.82, 2.24) is 0 Å². The molecule has 2 heteroatoms. The average molecular weight is 236 g/mol. The van der Waals surface area contributed by atoms with Crippen LogP contribution in [0.5, 0.6) is 0 Å². The predicted molar refractivity (Wildman–Crippen MR) is 69.7 cm³/mol. The zero-order chi connectivity index (χ0) is 12.6. The molecule has 0 saturated carbocycles. The monoisotopic (exact) mass is 236 g/mol. The Morgan fingerprint density at radius 3 is 2.65 bits per heavy atom. The molecular weight excluding hydrogens is 212 g/mol. The molecule has 2 heterocycles. The Kier molecular flexibility index (Phi) is 3.35. The maximum atomic E-state index is 6.06. The second-order valence-electron chi connectivity index (χ2n) is 6.45. The van der Waals surface area contributed by atoms with Gasteiger partial charge in [0, 0.05) is 6.42 Å². The molecule has 1 unspecified atom stereocenters. The molecular formula is C15H24O2. The van der Waals surface area contributed by atoms with Gasteiger partial charge in [0.1, 0.15) is 6.10 Å². The van der Waals surface area contributed by atoms with Crippen molar-refractivity contribution in [1.29, 1.82) is 0 Å². The molecule has 0 aliphatic carbocycles. The number of allylic oxidation sites excluding steroid dienone is 1. The van der Waals surface area contributed by atoms with E-state index < -0.39 is 0 Å². The summed E-state index contributed by atoms with van der Waals surface area (Å²) in [7, 11) is 0. The number of fused-ring (bicyclic) bond motifs is 1. The van der Waals surface area contributed by atoms with E-state index in [-0.39, 0.29) is 18.3 Å². The summed E-state index contributed by atoms with van der Waals surface area (Å²) in [6, 6.07) is 0. The summed E-state index contributed by atoms with van der Waals surface area (Å²) in [5.74, 6) is 0.882. The van der Waals surface area contributed by atoms with E-state index in [9.17, 15) is 0 Å². The van der Waals surface area contributed by atoms with Crippen LogP contribution in [0, 0.1) is 5.41 Å². The van der Waals surface area contributed by atoms with Crippen molar-refractivity contribution < 1.29 is 9.47 Å². The summed E-state index contributed by atoms with van der Waals surface area (Å²) in [6.45, 7) is 14.8. The fourth-order valence-corrected chi connectivity index (χ4v) is 2.52. The van der Waals surface area contributed by atoms with Gasteiger partial charge in [-0.25, -0.2) is 0 Å². The molecule has 0 aromatic rings. The molecule has 17 heavy (non-hydrogen) atoms. The van der Waals surface area contributed by atoms with Crippen molar-refractivity contribution in [2.75, 3.05) is 0 Å². The van der Waals surface area contributed by atoms with Crippen molar-refractivity contribution in [3.63, 3.8) is 0 Å². The third-order valence-corrected chi connectivity index (χ3v) is 3.61. The van der Waals surface area contributed by atoms with Gasteiger partial charge < -0.3 is 9.47 Å². The lowest BCUT2D eigenvalue weighted by atomic mass is 9.87. The summed E-state index contributed by atoms with van der Waals surface area (Å²) in [6.07, 6.45) is 4.58. The van der Waals surface area contributed by atoms with Crippen LogP contribution in [0.1, 0.15) is 46.5 Å². The van der Waals surface area contributed by atoms with Gasteiger partial charge in [-0.15, -0.1) is 0 Å². The summed E-state index contributed by atoms with van der Waals surface area (Å²) < 4.78 is 11.8. The fraction of sp³-hybridized carbons (Fsp3) is 0.733. The van der Waals surface area contributed by atoms with Gasteiger partial charge in [-0.05, 0) is 30.3 Å². The van der Waals surface area contributed by atoms with Gasteiger partial charge in [0.15, 0.2) is 0 Å². The topological polar surface area (TPSA) is 18.5 Å². The predicted octanol–water partition coefficient (Wildman–Crippen LogP) is 3.83. The van der Waals surface area contributed by atoms with Crippen LogP contribution in [0.3, 0.4) is 0 Å². The maximum absolute atomic E-state index is 6.06. The van der Waals surface area contributed by atoms with Crippen molar-refractivity contribution in [2.24, 2.45) is 5.41 Å². The zero-order valence-corrected chi connectivity index (χ0v) is 11.3. The van der Waals surface area contributed by atoms with Crippen LogP contribution in [0.15, 0.2) is 24.5 Å². The van der Waals surface area contributed by atoms with E-state index in [1.807, 2.05) is 0 Å². The molecule has 2 aliphatic heterocycles. The van der Waals surface area contributed by atoms with Gasteiger partial charge in [-0.2, -0.15) is 0 Å². The second-order valence-corrected chi connectivity index (χ2v) is 6.45. The molecule has 2 rings (SSSR count). The molecule has 96 valence electrons. The number of ether oxygens (including phenoxy) is 2. The van der Waals surface area contributed by atoms with Gasteiger partial charge in [-0.3, -0.25) is 0 Å². The second kappa shape index (κ2) is 4.49. The van der Waals surface area contributed by atoms with Gasteiger partial charge >= 0.3 is 0 Å². The van der Waals surface area contributed by atoms with Crippen LogP contribution in [-0.2, 0) is 9.47 Å². The third-order valence-electron chi connectivity index (χ3n) is 3.61. The largest absolute Gasteiger partial charge is 0.488 e. The minimum Gasteiger partial charge on any atom is -0.488 e. The van der Waals surface area contributed by atoms with Gasteiger partial charge in [0.2, 0.25) is 0 Å². The van der Waals surface area contributed by atoms with Gasteiger partial charge in [0.05, 0.1) is 18.0 Å². The molecule has 0 radical (unpaired) electrons. The Hall–Kier alpha value is -0.760. The van der Waals surface area contributed by atoms with Crippen LogP contribution in [-0.4, -0.2) is 18.3 Å². The third kappa shape index (κ3) is 2.92. The summed E-state index contributed by atoms with van der Waals surface area (Å²) in [5.41, 5.74) is 1.46. The molecule has 0 aromatic heterocycles. The van der Waals surface area contributed by atoms with Crippen LogP contribution in [0.4, 0.5) is 0 Å². The van der Waals surface area contributed by atoms with E-state index in [2.05, 4.69) is 33.9 Å². The Bertz CT molecular complexity index is 324. The quantitative estimate of drug-likeness (QED) is 0.678. The molecule has 2 nitrogen and oxygen atoms in total. The Labute approximate surface area is 105 Å². The highest BCUT2D eigenvalue weighted by molar-refractivity contribution is 5.20. The summed E-state index contributed by atoms with van der Waals surface area (Å²) >= 11 is 0. The first kappa shape index (κ1) is 12.7. The van der Waals surface area contributed by atoms with E-state index in [4.69, 9.17) is 9.47 Å². The van der Waals surface area contributed by atoms with Gasteiger partial charge in [0.25, 0.3) is 0 Å². The molecule has 0 N–H and O–H groups in total. The van der Waals surface area contributed by atoms with E-state index in [1.165, 1.54) is 0 Å². The smallest absolute Gasteiger partial charge is 0.148 e. The lowest BCUT2D eigenvalue weighted by molar-refractivity contribution is -0.0312. The van der Waals surface area contributed by atoms with Crippen molar-refractivity contribution in [3.8, 4) is 0 Å². The van der Waals surface area contributed by atoms with Crippen LogP contribution in [0.25, 0.3) is 0 Å². The van der Waals surface area contributed by atoms with Crippen molar-refractivity contribution >= 4 is 0 Å². The molecule has 0 amide bonds. The molecule has 3 atom stereocenters. The van der Waals surface area contributed by atoms with Gasteiger partial charge in [-0.1, -0.05) is 33.9 Å². The first-order valence-corrected chi connectivity index (χ1v) is 6.55. The maximum Gasteiger partial charge on any atom is 0.148 e. The summed E-state index contributed by atoms with van der Waals surface area (Å²) in [5, 5.41) is 0. The number of hydrogen-bond acceptors (Lipinski definition) is 2. The van der Waals surface area contributed by atoms with Crippen LogP contribution in [0.2, 0.25) is 0 Å². The first-order chi connectivity index (χ1) is 7.87. The highest BCUT2D eigenvalue weighted by atomic mass is 16.6. The Balaban J connectivity index is 1.94. The highest BCUT2D eigenvalue weighted by Crippen LogP contribution is 2.39. The van der Waals surface area contributed by atoms with E-state index in [0.29, 0.717) is 5.41 Å². The number of rotatable bonds is 2. The molecule has 2 saturated heterocycles. The van der Waals surface area contributed by atoms with E-state index in [1.54, 1.807) is 0 Å². The standard InChI is InChI=1S/C15H24O2/c1-10-6-7-13-14(16-10)11(2)12(17-13)8-9-15(3,4)5/h12-14H,1-2,6-9H2,3-5H3/t12-,13?,14-/m0/s1. The zero-order valence-electron chi connectivity index (χ0n) is 11.3. The number of hydrogen-bond donors (Lipinski definition) is 0. The van der Waals surface area contributed by atoms with E-state index in [0.717, 1.165) is 37.0 Å². The summed E-state index contributed by atoms with van der Waals surface area (Å²) in [4.78, 5) is 0. The highest BCUT2D eigenvalue weighted by Gasteiger charge is 2.42. The SMILES string of the molecule is C=C1CCC2O[C@@H](CCC(C)(C)C)C(=C)[C@@H]2O1. The Morgan fingerprint density at radius 2 is 2.00 bits per heavy atom.